The number of nitro groups is 1. The molecule has 0 fully saturated rings. The van der Waals surface area contributed by atoms with E-state index in [0.29, 0.717) is 19.3 Å². The molecule has 94 valence electrons. The number of hydrogen-bond acceptors (Lipinski definition) is 3. The lowest BCUT2D eigenvalue weighted by atomic mass is 10.0. The average Bonchev–Trinajstić information content (AvgIpc) is 2.21. The molecule has 0 radical (unpaired) electrons. The Bertz CT molecular complexity index is 216. The fourth-order valence-electron chi connectivity index (χ4n) is 1.71. The zero-order valence-electron chi connectivity index (χ0n) is 10.4. The fraction of sp³-hybridized carbons (Fsp3) is 0.917. The lowest BCUT2D eigenvalue weighted by Crippen LogP contribution is -2.20. The molecule has 0 aromatic heterocycles. The van der Waals surface area contributed by atoms with Crippen LogP contribution in [-0.4, -0.2) is 16.7 Å². The summed E-state index contributed by atoms with van der Waals surface area (Å²) >= 11 is 0. The summed E-state index contributed by atoms with van der Waals surface area (Å²) in [6.45, 7) is 3.63. The van der Waals surface area contributed by atoms with Crippen LogP contribution in [0.2, 0.25) is 0 Å². The third-order valence-electron chi connectivity index (χ3n) is 2.77. The van der Waals surface area contributed by atoms with Gasteiger partial charge in [0, 0.05) is 24.2 Å². The largest absolute Gasteiger partial charge is 0.300 e. The lowest BCUT2D eigenvalue weighted by Gasteiger charge is -2.08. The maximum Gasteiger partial charge on any atom is 0.213 e. The van der Waals surface area contributed by atoms with Gasteiger partial charge in [-0.25, -0.2) is 0 Å². The summed E-state index contributed by atoms with van der Waals surface area (Å²) in [7, 11) is 0. The van der Waals surface area contributed by atoms with E-state index in [-0.39, 0.29) is 10.7 Å². The Morgan fingerprint density at radius 2 is 1.81 bits per heavy atom. The van der Waals surface area contributed by atoms with Crippen molar-refractivity contribution in [2.45, 2.75) is 71.3 Å². The monoisotopic (exact) mass is 229 g/mol. The van der Waals surface area contributed by atoms with Gasteiger partial charge in [0.15, 0.2) is 0 Å². The first-order valence-electron chi connectivity index (χ1n) is 6.20. The zero-order valence-corrected chi connectivity index (χ0v) is 10.4. The van der Waals surface area contributed by atoms with E-state index in [1.807, 2.05) is 0 Å². The standard InChI is InChI=1S/C12H23NO3/c1-3-4-5-6-7-8-12(13(15)16)10-9-11(2)14/h12H,3-10H2,1-2H3. The molecule has 16 heavy (non-hydrogen) atoms. The Labute approximate surface area is 97.6 Å². The summed E-state index contributed by atoms with van der Waals surface area (Å²) in [6.07, 6.45) is 6.87. The van der Waals surface area contributed by atoms with Crippen molar-refractivity contribution in [3.8, 4) is 0 Å². The van der Waals surface area contributed by atoms with Crippen LogP contribution in [0.3, 0.4) is 0 Å². The second-order valence-electron chi connectivity index (χ2n) is 4.38. The van der Waals surface area contributed by atoms with Crippen LogP contribution >= 0.6 is 0 Å². The first kappa shape index (κ1) is 15.1. The summed E-state index contributed by atoms with van der Waals surface area (Å²) in [5.41, 5.74) is 0. The molecule has 0 aromatic rings. The van der Waals surface area contributed by atoms with Gasteiger partial charge in [-0.1, -0.05) is 32.6 Å². The number of hydrogen-bond donors (Lipinski definition) is 0. The molecule has 4 heteroatoms. The molecular formula is C12H23NO3. The van der Waals surface area contributed by atoms with Gasteiger partial charge in [-0.15, -0.1) is 0 Å². The molecule has 0 saturated heterocycles. The van der Waals surface area contributed by atoms with Crippen molar-refractivity contribution in [1.82, 2.24) is 0 Å². The molecular weight excluding hydrogens is 206 g/mol. The van der Waals surface area contributed by atoms with Crippen molar-refractivity contribution in [1.29, 1.82) is 0 Å². The van der Waals surface area contributed by atoms with Crippen LogP contribution in [0, 0.1) is 10.1 Å². The molecule has 0 heterocycles. The van der Waals surface area contributed by atoms with Crippen LogP contribution < -0.4 is 0 Å². The number of rotatable bonds is 10. The van der Waals surface area contributed by atoms with Crippen molar-refractivity contribution in [3.63, 3.8) is 0 Å². The first-order valence-corrected chi connectivity index (χ1v) is 6.20. The SMILES string of the molecule is CCCCCCCC(CCC(C)=O)[N+](=O)[O-]. The van der Waals surface area contributed by atoms with Crippen molar-refractivity contribution >= 4 is 5.78 Å². The minimum Gasteiger partial charge on any atom is -0.300 e. The molecule has 0 spiro atoms. The minimum atomic E-state index is -0.523. The molecule has 0 aliphatic heterocycles. The maximum absolute atomic E-state index is 10.8. The van der Waals surface area contributed by atoms with Gasteiger partial charge in [-0.05, 0) is 13.3 Å². The molecule has 1 atom stereocenters. The van der Waals surface area contributed by atoms with Crippen molar-refractivity contribution in [2.24, 2.45) is 0 Å². The molecule has 0 N–H and O–H groups in total. The van der Waals surface area contributed by atoms with E-state index in [2.05, 4.69) is 6.92 Å². The van der Waals surface area contributed by atoms with Gasteiger partial charge in [0.2, 0.25) is 6.04 Å². The maximum atomic E-state index is 10.8. The van der Waals surface area contributed by atoms with E-state index in [1.54, 1.807) is 0 Å². The highest BCUT2D eigenvalue weighted by Gasteiger charge is 2.19. The van der Waals surface area contributed by atoms with Crippen LogP contribution in [0.15, 0.2) is 0 Å². The molecule has 0 aromatic carbocycles. The third-order valence-corrected chi connectivity index (χ3v) is 2.77. The van der Waals surface area contributed by atoms with Crippen LogP contribution in [0.1, 0.15) is 65.2 Å². The molecule has 0 saturated carbocycles. The average molecular weight is 229 g/mol. The number of unbranched alkanes of at least 4 members (excludes halogenated alkanes) is 4. The van der Waals surface area contributed by atoms with Crippen LogP contribution in [0.25, 0.3) is 0 Å². The summed E-state index contributed by atoms with van der Waals surface area (Å²) in [6, 6.07) is -0.523. The Morgan fingerprint density at radius 3 is 2.31 bits per heavy atom. The number of carbonyl (C=O) groups is 1. The van der Waals surface area contributed by atoms with Gasteiger partial charge in [0.05, 0.1) is 0 Å². The second-order valence-corrected chi connectivity index (χ2v) is 4.38. The highest BCUT2D eigenvalue weighted by atomic mass is 16.6. The predicted molar refractivity (Wildman–Crippen MR) is 64.1 cm³/mol. The highest BCUT2D eigenvalue weighted by molar-refractivity contribution is 5.75. The Balaban J connectivity index is 3.68. The normalized spacial score (nSPS) is 12.4. The molecule has 0 aliphatic rings. The summed E-state index contributed by atoms with van der Waals surface area (Å²) in [5, 5.41) is 10.7. The highest BCUT2D eigenvalue weighted by Crippen LogP contribution is 2.13. The molecule has 0 rings (SSSR count). The van der Waals surface area contributed by atoms with Crippen LogP contribution in [0.4, 0.5) is 0 Å². The predicted octanol–water partition coefficient (Wildman–Crippen LogP) is 3.36. The summed E-state index contributed by atoms with van der Waals surface area (Å²) in [4.78, 5) is 21.3. The van der Waals surface area contributed by atoms with Crippen molar-refractivity contribution < 1.29 is 9.72 Å². The Morgan fingerprint density at radius 1 is 1.19 bits per heavy atom. The van der Waals surface area contributed by atoms with Crippen molar-refractivity contribution in [2.75, 3.05) is 0 Å². The molecule has 4 nitrogen and oxygen atoms in total. The van der Waals surface area contributed by atoms with Gasteiger partial charge in [0.25, 0.3) is 0 Å². The molecule has 0 aliphatic carbocycles. The van der Waals surface area contributed by atoms with E-state index >= 15 is 0 Å². The van der Waals surface area contributed by atoms with E-state index < -0.39 is 6.04 Å². The summed E-state index contributed by atoms with van der Waals surface area (Å²) in [5.74, 6) is 0.0397. The first-order chi connectivity index (χ1) is 7.57. The van der Waals surface area contributed by atoms with E-state index in [1.165, 1.54) is 19.8 Å². The third kappa shape index (κ3) is 8.38. The van der Waals surface area contributed by atoms with Gasteiger partial charge >= 0.3 is 0 Å². The van der Waals surface area contributed by atoms with Gasteiger partial charge < -0.3 is 4.79 Å². The topological polar surface area (TPSA) is 60.2 Å². The van der Waals surface area contributed by atoms with Crippen molar-refractivity contribution in [3.05, 3.63) is 10.1 Å². The van der Waals surface area contributed by atoms with Crippen LogP contribution in [0.5, 0.6) is 0 Å². The number of ketones is 1. The minimum absolute atomic E-state index is 0.0397. The molecule has 1 unspecified atom stereocenters. The molecule has 0 bridgehead atoms. The van der Waals surface area contributed by atoms with Gasteiger partial charge in [-0.2, -0.15) is 0 Å². The van der Waals surface area contributed by atoms with E-state index in [9.17, 15) is 14.9 Å². The van der Waals surface area contributed by atoms with E-state index in [0.717, 1.165) is 19.3 Å². The smallest absolute Gasteiger partial charge is 0.213 e. The van der Waals surface area contributed by atoms with E-state index in [4.69, 9.17) is 0 Å². The Kier molecular flexibility index (Phi) is 8.77. The zero-order chi connectivity index (χ0) is 12.4. The number of Topliss-reactive ketones (excluding diaryl/α,β-unsaturated/α-hetero) is 1. The lowest BCUT2D eigenvalue weighted by molar-refractivity contribution is -0.524. The van der Waals surface area contributed by atoms with Gasteiger partial charge in [-0.3, -0.25) is 10.1 Å². The Hall–Kier alpha value is -0.930. The number of nitrogens with zero attached hydrogens (tertiary/aromatic N) is 1. The summed E-state index contributed by atoms with van der Waals surface area (Å²) < 4.78 is 0. The molecule has 0 amide bonds. The quantitative estimate of drug-likeness (QED) is 0.328. The van der Waals surface area contributed by atoms with Crippen LogP contribution in [-0.2, 0) is 4.79 Å². The van der Waals surface area contributed by atoms with Gasteiger partial charge in [0.1, 0.15) is 5.78 Å². The second kappa shape index (κ2) is 9.31. The number of carbonyl (C=O) groups excluding carboxylic acids is 1. The fourth-order valence-corrected chi connectivity index (χ4v) is 1.71.